The van der Waals surface area contributed by atoms with Gasteiger partial charge in [0, 0.05) is 43.9 Å². The molecule has 0 aliphatic carbocycles. The smallest absolute Gasteiger partial charge is 0.227 e. The highest BCUT2D eigenvalue weighted by atomic mass is 35.5. The van der Waals surface area contributed by atoms with Crippen molar-refractivity contribution in [3.05, 3.63) is 23.1 Å². The predicted octanol–water partition coefficient (Wildman–Crippen LogP) is 2.67. The standard InChI is InChI=1S/C15H19ClFN3OS/c16-12-8-13(17)14(18-9-12)20-3-1-2-11(10-20)15(21)19-4-6-22-7-5-19/h8-9,11H,1-7,10H2. The number of nitrogens with zero attached hydrogens (tertiary/aromatic N) is 3. The average molecular weight is 344 g/mol. The summed E-state index contributed by atoms with van der Waals surface area (Å²) in [6, 6.07) is 1.27. The van der Waals surface area contributed by atoms with Crippen LogP contribution in [0.4, 0.5) is 10.2 Å². The number of aromatic nitrogens is 1. The number of pyridine rings is 1. The lowest BCUT2D eigenvalue weighted by Crippen LogP contribution is -2.47. The number of halogens is 2. The van der Waals surface area contributed by atoms with Gasteiger partial charge in [0.05, 0.1) is 10.9 Å². The van der Waals surface area contributed by atoms with Gasteiger partial charge in [0.1, 0.15) is 0 Å². The molecule has 0 spiro atoms. The summed E-state index contributed by atoms with van der Waals surface area (Å²) in [5.41, 5.74) is 0. The quantitative estimate of drug-likeness (QED) is 0.827. The van der Waals surface area contributed by atoms with Crippen LogP contribution in [0.25, 0.3) is 0 Å². The van der Waals surface area contributed by atoms with Gasteiger partial charge in [0.25, 0.3) is 0 Å². The van der Waals surface area contributed by atoms with Crippen molar-refractivity contribution in [2.75, 3.05) is 42.6 Å². The van der Waals surface area contributed by atoms with Crippen molar-refractivity contribution in [1.82, 2.24) is 9.88 Å². The van der Waals surface area contributed by atoms with Crippen LogP contribution in [0, 0.1) is 11.7 Å². The summed E-state index contributed by atoms with van der Waals surface area (Å²) in [5.74, 6) is 2.05. The first-order valence-electron chi connectivity index (χ1n) is 7.57. The number of piperidine rings is 1. The van der Waals surface area contributed by atoms with Gasteiger partial charge in [-0.15, -0.1) is 0 Å². The molecule has 0 bridgehead atoms. The van der Waals surface area contributed by atoms with E-state index in [0.717, 1.165) is 44.0 Å². The van der Waals surface area contributed by atoms with Gasteiger partial charge >= 0.3 is 0 Å². The van der Waals surface area contributed by atoms with Crippen LogP contribution in [-0.2, 0) is 4.79 Å². The van der Waals surface area contributed by atoms with Crippen LogP contribution < -0.4 is 4.90 Å². The van der Waals surface area contributed by atoms with Crippen molar-refractivity contribution in [2.45, 2.75) is 12.8 Å². The van der Waals surface area contributed by atoms with E-state index in [0.29, 0.717) is 12.4 Å². The monoisotopic (exact) mass is 343 g/mol. The lowest BCUT2D eigenvalue weighted by molar-refractivity contribution is -0.135. The first kappa shape index (κ1) is 15.9. The first-order chi connectivity index (χ1) is 10.6. The van der Waals surface area contributed by atoms with Gasteiger partial charge < -0.3 is 9.80 Å². The lowest BCUT2D eigenvalue weighted by Gasteiger charge is -2.36. The Labute approximate surface area is 139 Å². The van der Waals surface area contributed by atoms with Gasteiger partial charge in [0.15, 0.2) is 11.6 Å². The van der Waals surface area contributed by atoms with E-state index in [1.807, 2.05) is 21.6 Å². The maximum absolute atomic E-state index is 14.0. The molecule has 1 aromatic heterocycles. The Bertz CT molecular complexity index is 554. The molecule has 22 heavy (non-hydrogen) atoms. The van der Waals surface area contributed by atoms with Crippen LogP contribution in [0.3, 0.4) is 0 Å². The number of thioether (sulfide) groups is 1. The van der Waals surface area contributed by atoms with Gasteiger partial charge in [-0.05, 0) is 18.9 Å². The molecule has 2 saturated heterocycles. The Balaban J connectivity index is 1.69. The molecule has 0 aromatic carbocycles. The number of amides is 1. The minimum absolute atomic E-state index is 0.0614. The van der Waals surface area contributed by atoms with Crippen LogP contribution in [0.2, 0.25) is 5.02 Å². The summed E-state index contributed by atoms with van der Waals surface area (Å²) in [7, 11) is 0. The third kappa shape index (κ3) is 3.49. The summed E-state index contributed by atoms with van der Waals surface area (Å²) in [5, 5.41) is 0.289. The van der Waals surface area contributed by atoms with E-state index in [4.69, 9.17) is 11.6 Å². The fourth-order valence-electron chi connectivity index (χ4n) is 3.05. The van der Waals surface area contributed by atoms with Crippen molar-refractivity contribution < 1.29 is 9.18 Å². The van der Waals surface area contributed by atoms with Crippen LogP contribution in [0.1, 0.15) is 12.8 Å². The zero-order valence-corrected chi connectivity index (χ0v) is 13.9. The minimum Gasteiger partial charge on any atom is -0.353 e. The van der Waals surface area contributed by atoms with E-state index >= 15 is 0 Å². The van der Waals surface area contributed by atoms with Gasteiger partial charge in [0.2, 0.25) is 5.91 Å². The Kier molecular flexibility index (Phi) is 5.08. The van der Waals surface area contributed by atoms with Gasteiger partial charge in [-0.2, -0.15) is 11.8 Å². The van der Waals surface area contributed by atoms with E-state index in [1.165, 1.54) is 12.3 Å². The van der Waals surface area contributed by atoms with Gasteiger partial charge in [-0.1, -0.05) is 11.6 Å². The molecule has 2 fully saturated rings. The topological polar surface area (TPSA) is 36.4 Å². The van der Waals surface area contributed by atoms with Crippen molar-refractivity contribution in [3.63, 3.8) is 0 Å². The first-order valence-corrected chi connectivity index (χ1v) is 9.11. The third-order valence-corrected chi connectivity index (χ3v) is 5.33. The zero-order chi connectivity index (χ0) is 15.5. The molecule has 1 aromatic rings. The second-order valence-electron chi connectivity index (χ2n) is 5.68. The summed E-state index contributed by atoms with van der Waals surface area (Å²) in [6.45, 7) is 2.92. The SMILES string of the molecule is O=C(C1CCCN(c2ncc(Cl)cc2F)C1)N1CCSCC1. The predicted molar refractivity (Wildman–Crippen MR) is 88.0 cm³/mol. The Morgan fingerprint density at radius 3 is 2.86 bits per heavy atom. The van der Waals surface area contributed by atoms with Crippen molar-refractivity contribution in [2.24, 2.45) is 5.92 Å². The molecule has 7 heteroatoms. The summed E-state index contributed by atoms with van der Waals surface area (Å²) < 4.78 is 14.0. The van der Waals surface area contributed by atoms with E-state index in [-0.39, 0.29) is 16.8 Å². The van der Waals surface area contributed by atoms with Crippen molar-refractivity contribution >= 4 is 35.1 Å². The minimum atomic E-state index is -0.421. The fourth-order valence-corrected chi connectivity index (χ4v) is 4.10. The van der Waals surface area contributed by atoms with E-state index in [2.05, 4.69) is 4.98 Å². The highest BCUT2D eigenvalue weighted by Gasteiger charge is 2.31. The summed E-state index contributed by atoms with van der Waals surface area (Å²) in [4.78, 5) is 20.5. The summed E-state index contributed by atoms with van der Waals surface area (Å²) in [6.07, 6.45) is 3.20. The second kappa shape index (κ2) is 7.04. The number of hydrogen-bond acceptors (Lipinski definition) is 4. The van der Waals surface area contributed by atoms with E-state index in [1.54, 1.807) is 0 Å². The number of carbonyl (C=O) groups excluding carboxylic acids is 1. The molecule has 4 nitrogen and oxygen atoms in total. The number of hydrogen-bond donors (Lipinski definition) is 0. The highest BCUT2D eigenvalue weighted by Crippen LogP contribution is 2.27. The highest BCUT2D eigenvalue weighted by molar-refractivity contribution is 7.99. The van der Waals surface area contributed by atoms with Crippen LogP contribution in [0.5, 0.6) is 0 Å². The van der Waals surface area contributed by atoms with Gasteiger partial charge in [-0.25, -0.2) is 9.37 Å². The molecule has 2 aliphatic heterocycles. The molecule has 3 rings (SSSR count). The lowest BCUT2D eigenvalue weighted by atomic mass is 9.96. The Morgan fingerprint density at radius 2 is 2.14 bits per heavy atom. The maximum Gasteiger partial charge on any atom is 0.227 e. The average Bonchev–Trinajstić information content (AvgIpc) is 2.55. The zero-order valence-electron chi connectivity index (χ0n) is 12.3. The molecule has 0 saturated carbocycles. The van der Waals surface area contributed by atoms with Gasteiger partial charge in [-0.3, -0.25) is 4.79 Å². The van der Waals surface area contributed by atoms with Crippen LogP contribution in [-0.4, -0.2) is 53.5 Å². The number of rotatable bonds is 2. The molecule has 3 heterocycles. The van der Waals surface area contributed by atoms with E-state index < -0.39 is 5.82 Å². The Hall–Kier alpha value is -1.01. The molecule has 1 atom stereocenters. The number of anilines is 1. The molecule has 1 unspecified atom stereocenters. The molecule has 2 aliphatic rings. The van der Waals surface area contributed by atoms with Crippen molar-refractivity contribution in [3.8, 4) is 0 Å². The second-order valence-corrected chi connectivity index (χ2v) is 7.34. The molecule has 120 valence electrons. The fraction of sp³-hybridized carbons (Fsp3) is 0.600. The molecule has 0 N–H and O–H groups in total. The van der Waals surface area contributed by atoms with Crippen LogP contribution in [0.15, 0.2) is 12.3 Å². The normalized spacial score (nSPS) is 22.7. The third-order valence-electron chi connectivity index (χ3n) is 4.18. The maximum atomic E-state index is 14.0. The molecular weight excluding hydrogens is 325 g/mol. The Morgan fingerprint density at radius 1 is 1.36 bits per heavy atom. The van der Waals surface area contributed by atoms with E-state index in [9.17, 15) is 9.18 Å². The molecule has 1 amide bonds. The van der Waals surface area contributed by atoms with Crippen LogP contribution >= 0.6 is 23.4 Å². The van der Waals surface area contributed by atoms with Crippen molar-refractivity contribution in [1.29, 1.82) is 0 Å². The summed E-state index contributed by atoms with van der Waals surface area (Å²) >= 11 is 7.64. The molecule has 0 radical (unpaired) electrons. The molecular formula is C15H19ClFN3OS. The number of carbonyl (C=O) groups is 1. The largest absolute Gasteiger partial charge is 0.353 e.